The lowest BCUT2D eigenvalue weighted by Crippen LogP contribution is -2.29. The molecule has 0 amide bonds. The lowest BCUT2D eigenvalue weighted by Gasteiger charge is -2.20. The van der Waals surface area contributed by atoms with E-state index >= 15 is 0 Å². The number of aliphatic carboxylic acids is 1. The Balaban J connectivity index is 2.45. The van der Waals surface area contributed by atoms with Crippen molar-refractivity contribution in [1.82, 2.24) is 5.32 Å². The number of hydrogen-bond acceptors (Lipinski definition) is 2. The molecule has 0 fully saturated rings. The summed E-state index contributed by atoms with van der Waals surface area (Å²) in [5.74, 6) is -0.735. The summed E-state index contributed by atoms with van der Waals surface area (Å²) in [6.07, 6.45) is 0.875. The minimum atomic E-state index is -0.735. The summed E-state index contributed by atoms with van der Waals surface area (Å²) in [6.45, 7) is 6.19. The Labute approximate surface area is 103 Å². The molecule has 94 valence electrons. The summed E-state index contributed by atoms with van der Waals surface area (Å²) in [5, 5.41) is 12.0. The van der Waals surface area contributed by atoms with Crippen LogP contribution in [0.2, 0.25) is 0 Å². The zero-order valence-corrected chi connectivity index (χ0v) is 10.7. The Bertz CT molecular complexity index is 359. The quantitative estimate of drug-likeness (QED) is 0.797. The molecule has 2 atom stereocenters. The van der Waals surface area contributed by atoms with E-state index in [2.05, 4.69) is 43.4 Å². The summed E-state index contributed by atoms with van der Waals surface area (Å²) in [4.78, 5) is 10.5. The van der Waals surface area contributed by atoms with Crippen LogP contribution in [0.1, 0.15) is 43.9 Å². The van der Waals surface area contributed by atoms with Crippen molar-refractivity contribution < 1.29 is 9.90 Å². The molecule has 1 aromatic carbocycles. The third kappa shape index (κ3) is 5.00. The first-order valence-electron chi connectivity index (χ1n) is 6.03. The number of benzene rings is 1. The largest absolute Gasteiger partial charge is 0.481 e. The van der Waals surface area contributed by atoms with Gasteiger partial charge in [-0.15, -0.1) is 0 Å². The summed E-state index contributed by atoms with van der Waals surface area (Å²) in [6, 6.07) is 8.86. The van der Waals surface area contributed by atoms with Crippen LogP contribution in [0.25, 0.3) is 0 Å². The summed E-state index contributed by atoms with van der Waals surface area (Å²) in [7, 11) is 0. The lowest BCUT2D eigenvalue weighted by molar-refractivity contribution is -0.137. The van der Waals surface area contributed by atoms with Crippen molar-refractivity contribution in [2.75, 3.05) is 0 Å². The van der Waals surface area contributed by atoms with Gasteiger partial charge in [-0.1, -0.05) is 29.8 Å². The summed E-state index contributed by atoms with van der Waals surface area (Å²) in [5.41, 5.74) is 2.48. The highest BCUT2D eigenvalue weighted by atomic mass is 16.4. The van der Waals surface area contributed by atoms with Gasteiger partial charge in [0.15, 0.2) is 0 Å². The second-order valence-corrected chi connectivity index (χ2v) is 4.63. The maximum atomic E-state index is 10.5. The fraction of sp³-hybridized carbons (Fsp3) is 0.500. The second kappa shape index (κ2) is 6.40. The predicted octanol–water partition coefficient (Wildman–Crippen LogP) is 2.90. The van der Waals surface area contributed by atoms with Crippen molar-refractivity contribution in [2.45, 2.75) is 45.7 Å². The van der Waals surface area contributed by atoms with E-state index in [9.17, 15) is 4.79 Å². The van der Waals surface area contributed by atoms with Crippen LogP contribution in [-0.2, 0) is 4.79 Å². The molecule has 0 aliphatic heterocycles. The molecule has 0 aromatic heterocycles. The number of aryl methyl sites for hydroxylation is 1. The summed E-state index contributed by atoms with van der Waals surface area (Å²) >= 11 is 0. The molecule has 0 radical (unpaired) electrons. The molecule has 0 spiro atoms. The zero-order chi connectivity index (χ0) is 12.8. The van der Waals surface area contributed by atoms with Crippen molar-refractivity contribution in [2.24, 2.45) is 0 Å². The normalized spacial score (nSPS) is 14.3. The standard InChI is InChI=1S/C14H21NO2/c1-10-4-7-13(8-5-10)12(3)15-11(2)6-9-14(16)17/h4-5,7-8,11-12,15H,6,9H2,1-3H3,(H,16,17)/t11?,12-/m1/s1. The lowest BCUT2D eigenvalue weighted by atomic mass is 10.0. The number of nitrogens with one attached hydrogen (secondary N) is 1. The highest BCUT2D eigenvalue weighted by Gasteiger charge is 2.10. The van der Waals surface area contributed by atoms with Crippen LogP contribution in [0.4, 0.5) is 0 Å². The summed E-state index contributed by atoms with van der Waals surface area (Å²) < 4.78 is 0. The number of carbonyl (C=O) groups is 1. The van der Waals surface area contributed by atoms with Crippen LogP contribution in [-0.4, -0.2) is 17.1 Å². The van der Waals surface area contributed by atoms with Crippen LogP contribution >= 0.6 is 0 Å². The molecule has 1 aromatic rings. The highest BCUT2D eigenvalue weighted by Crippen LogP contribution is 2.14. The van der Waals surface area contributed by atoms with Crippen LogP contribution < -0.4 is 5.32 Å². The first-order valence-corrected chi connectivity index (χ1v) is 6.03. The molecule has 0 aliphatic carbocycles. The molecule has 0 saturated carbocycles. The molecule has 3 heteroatoms. The molecule has 0 saturated heterocycles. The van der Waals surface area contributed by atoms with Gasteiger partial charge in [-0.3, -0.25) is 4.79 Å². The van der Waals surface area contributed by atoms with E-state index in [1.54, 1.807) is 0 Å². The highest BCUT2D eigenvalue weighted by molar-refractivity contribution is 5.66. The number of hydrogen-bond donors (Lipinski definition) is 2. The van der Waals surface area contributed by atoms with Gasteiger partial charge < -0.3 is 10.4 Å². The molecule has 17 heavy (non-hydrogen) atoms. The monoisotopic (exact) mass is 235 g/mol. The Morgan fingerprint density at radius 1 is 1.29 bits per heavy atom. The van der Waals surface area contributed by atoms with Gasteiger partial charge in [-0.05, 0) is 32.8 Å². The molecular weight excluding hydrogens is 214 g/mol. The molecule has 2 N–H and O–H groups in total. The molecule has 1 unspecified atom stereocenters. The van der Waals surface area contributed by atoms with Gasteiger partial charge in [0.1, 0.15) is 0 Å². The van der Waals surface area contributed by atoms with E-state index in [0.29, 0.717) is 6.42 Å². The van der Waals surface area contributed by atoms with Gasteiger partial charge in [-0.2, -0.15) is 0 Å². The number of rotatable bonds is 6. The first-order chi connectivity index (χ1) is 7.99. The van der Waals surface area contributed by atoms with Crippen LogP contribution in [0.5, 0.6) is 0 Å². The Morgan fingerprint density at radius 3 is 2.41 bits per heavy atom. The maximum absolute atomic E-state index is 10.5. The predicted molar refractivity (Wildman–Crippen MR) is 69.1 cm³/mol. The van der Waals surface area contributed by atoms with Crippen molar-refractivity contribution >= 4 is 5.97 Å². The van der Waals surface area contributed by atoms with Crippen LogP contribution in [0.3, 0.4) is 0 Å². The van der Waals surface area contributed by atoms with Crippen molar-refractivity contribution in [3.8, 4) is 0 Å². The molecule has 0 heterocycles. The van der Waals surface area contributed by atoms with Crippen LogP contribution in [0.15, 0.2) is 24.3 Å². The Morgan fingerprint density at radius 2 is 1.88 bits per heavy atom. The molecule has 0 aliphatic rings. The minimum absolute atomic E-state index is 0.211. The van der Waals surface area contributed by atoms with Gasteiger partial charge in [0, 0.05) is 18.5 Å². The zero-order valence-electron chi connectivity index (χ0n) is 10.7. The Kier molecular flexibility index (Phi) is 5.16. The smallest absolute Gasteiger partial charge is 0.303 e. The fourth-order valence-corrected chi connectivity index (χ4v) is 1.80. The second-order valence-electron chi connectivity index (χ2n) is 4.63. The Hall–Kier alpha value is -1.35. The molecule has 3 nitrogen and oxygen atoms in total. The van der Waals surface area contributed by atoms with E-state index in [1.165, 1.54) is 11.1 Å². The van der Waals surface area contributed by atoms with Crippen molar-refractivity contribution in [1.29, 1.82) is 0 Å². The van der Waals surface area contributed by atoms with Gasteiger partial charge in [0.05, 0.1) is 0 Å². The topological polar surface area (TPSA) is 49.3 Å². The molecular formula is C14H21NO2. The van der Waals surface area contributed by atoms with E-state index < -0.39 is 5.97 Å². The van der Waals surface area contributed by atoms with E-state index in [0.717, 1.165) is 0 Å². The van der Waals surface area contributed by atoms with Crippen molar-refractivity contribution in [3.63, 3.8) is 0 Å². The SMILES string of the molecule is Cc1ccc([C@@H](C)NC(C)CCC(=O)O)cc1. The van der Waals surface area contributed by atoms with E-state index in [-0.39, 0.29) is 18.5 Å². The van der Waals surface area contributed by atoms with Gasteiger partial charge in [-0.25, -0.2) is 0 Å². The molecule has 0 bridgehead atoms. The van der Waals surface area contributed by atoms with Crippen LogP contribution in [0, 0.1) is 6.92 Å². The molecule has 1 rings (SSSR count). The average molecular weight is 235 g/mol. The van der Waals surface area contributed by atoms with E-state index in [4.69, 9.17) is 5.11 Å². The van der Waals surface area contributed by atoms with E-state index in [1.807, 2.05) is 6.92 Å². The average Bonchev–Trinajstić information content (AvgIpc) is 2.27. The van der Waals surface area contributed by atoms with Gasteiger partial charge in [0.25, 0.3) is 0 Å². The third-order valence-electron chi connectivity index (χ3n) is 2.90. The minimum Gasteiger partial charge on any atom is -0.481 e. The third-order valence-corrected chi connectivity index (χ3v) is 2.90. The first kappa shape index (κ1) is 13.7. The van der Waals surface area contributed by atoms with Crippen molar-refractivity contribution in [3.05, 3.63) is 35.4 Å². The van der Waals surface area contributed by atoms with Gasteiger partial charge in [0.2, 0.25) is 0 Å². The number of carboxylic acid groups (broad SMARTS) is 1. The fourth-order valence-electron chi connectivity index (χ4n) is 1.80. The van der Waals surface area contributed by atoms with Gasteiger partial charge >= 0.3 is 5.97 Å². The number of carboxylic acids is 1. The maximum Gasteiger partial charge on any atom is 0.303 e.